The van der Waals surface area contributed by atoms with Gasteiger partial charge in [0.05, 0.1) is 29.5 Å². The van der Waals surface area contributed by atoms with Crippen LogP contribution in [0.4, 0.5) is 4.39 Å². The maximum absolute atomic E-state index is 14.1. The Morgan fingerprint density at radius 1 is 1.27 bits per heavy atom. The maximum Gasteiger partial charge on any atom is 0.125 e. The van der Waals surface area contributed by atoms with Crippen LogP contribution in [0, 0.1) is 24.1 Å². The lowest BCUT2D eigenvalue weighted by Crippen LogP contribution is -2.46. The summed E-state index contributed by atoms with van der Waals surface area (Å²) in [5, 5.41) is 25.5. The van der Waals surface area contributed by atoms with Gasteiger partial charge in [-0.05, 0) is 55.2 Å². The number of nitriles is 1. The van der Waals surface area contributed by atoms with E-state index in [2.05, 4.69) is 11.2 Å². The van der Waals surface area contributed by atoms with Gasteiger partial charge in [-0.2, -0.15) is 10.4 Å². The van der Waals surface area contributed by atoms with Crippen LogP contribution >= 0.6 is 0 Å². The predicted octanol–water partition coefficient (Wildman–Crippen LogP) is 4.28. The van der Waals surface area contributed by atoms with Crippen molar-refractivity contribution in [2.24, 2.45) is 0 Å². The van der Waals surface area contributed by atoms with Crippen molar-refractivity contribution in [1.29, 1.82) is 5.26 Å². The highest BCUT2D eigenvalue weighted by molar-refractivity contribution is 5.82. The van der Waals surface area contributed by atoms with E-state index in [0.717, 1.165) is 16.5 Å². The number of aliphatic hydroxyl groups excluding tert-OH is 1. The van der Waals surface area contributed by atoms with Crippen LogP contribution in [0.5, 0.6) is 0 Å². The average molecular weight is 351 g/mol. The summed E-state index contributed by atoms with van der Waals surface area (Å²) < 4.78 is 15.8. The van der Waals surface area contributed by atoms with Crippen molar-refractivity contribution in [2.75, 3.05) is 0 Å². The van der Waals surface area contributed by atoms with Crippen molar-refractivity contribution < 1.29 is 9.50 Å². The molecule has 0 spiro atoms. The zero-order chi connectivity index (χ0) is 18.9. The lowest BCUT2D eigenvalue weighted by atomic mass is 9.80. The Bertz CT molecular complexity index is 971. The van der Waals surface area contributed by atoms with Crippen LogP contribution in [-0.4, -0.2) is 21.0 Å². The number of aliphatic hydroxyl groups is 1. The first-order valence-electron chi connectivity index (χ1n) is 8.81. The summed E-state index contributed by atoms with van der Waals surface area (Å²) in [6.07, 6.45) is 2.09. The molecule has 0 saturated carbocycles. The molecule has 0 aliphatic carbocycles. The number of benzene rings is 2. The van der Waals surface area contributed by atoms with Gasteiger partial charge in [-0.25, -0.2) is 4.39 Å². The summed E-state index contributed by atoms with van der Waals surface area (Å²) in [6, 6.07) is 12.2. The van der Waals surface area contributed by atoms with Gasteiger partial charge in [-0.15, -0.1) is 0 Å². The van der Waals surface area contributed by atoms with Gasteiger partial charge in [-0.1, -0.05) is 26.0 Å². The van der Waals surface area contributed by atoms with Crippen molar-refractivity contribution >= 4 is 10.9 Å². The fraction of sp³-hybridized carbons (Fsp3) is 0.333. The van der Waals surface area contributed by atoms with Crippen molar-refractivity contribution in [3.8, 4) is 6.07 Å². The van der Waals surface area contributed by atoms with Crippen LogP contribution in [0.1, 0.15) is 43.4 Å². The molecule has 1 heterocycles. The Hall–Kier alpha value is -2.71. The molecule has 0 saturated heterocycles. The van der Waals surface area contributed by atoms with Gasteiger partial charge in [0, 0.05) is 5.39 Å². The second-order valence-corrected chi connectivity index (χ2v) is 6.60. The molecule has 1 aromatic heterocycles. The smallest absolute Gasteiger partial charge is 0.125 e. The van der Waals surface area contributed by atoms with Crippen LogP contribution in [0.3, 0.4) is 0 Å². The molecule has 2 aromatic carbocycles. The lowest BCUT2D eigenvalue weighted by molar-refractivity contribution is 0.0487. The molecule has 0 amide bonds. The fourth-order valence-corrected chi connectivity index (χ4v) is 3.79. The molecular weight excluding hydrogens is 329 g/mol. The van der Waals surface area contributed by atoms with Crippen LogP contribution in [0.15, 0.2) is 42.6 Å². The monoisotopic (exact) mass is 351 g/mol. The van der Waals surface area contributed by atoms with Crippen molar-refractivity contribution in [2.45, 2.75) is 45.3 Å². The van der Waals surface area contributed by atoms with E-state index >= 15 is 0 Å². The number of aryl methyl sites for hydroxylation is 1. The summed E-state index contributed by atoms with van der Waals surface area (Å²) in [7, 11) is 0. The van der Waals surface area contributed by atoms with Crippen LogP contribution in [0.25, 0.3) is 10.9 Å². The Kier molecular flexibility index (Phi) is 4.80. The predicted molar refractivity (Wildman–Crippen MR) is 99.2 cm³/mol. The summed E-state index contributed by atoms with van der Waals surface area (Å²) in [5.74, 6) is -0.326. The minimum Gasteiger partial charge on any atom is -0.390 e. The fourth-order valence-electron chi connectivity index (χ4n) is 3.79. The van der Waals surface area contributed by atoms with Crippen LogP contribution < -0.4 is 0 Å². The number of fused-ring (bicyclic) bond motifs is 1. The molecule has 134 valence electrons. The highest BCUT2D eigenvalue weighted by Gasteiger charge is 2.41. The summed E-state index contributed by atoms with van der Waals surface area (Å²) >= 11 is 0. The third-order valence-electron chi connectivity index (χ3n) is 5.23. The van der Waals surface area contributed by atoms with Gasteiger partial charge in [-0.3, -0.25) is 4.68 Å². The molecule has 0 bridgehead atoms. The lowest BCUT2D eigenvalue weighted by Gasteiger charge is -2.38. The van der Waals surface area contributed by atoms with E-state index in [1.165, 1.54) is 12.1 Å². The Balaban J connectivity index is 2.33. The first-order chi connectivity index (χ1) is 12.5. The molecule has 1 N–H and O–H groups in total. The first kappa shape index (κ1) is 18.1. The van der Waals surface area contributed by atoms with Gasteiger partial charge < -0.3 is 5.11 Å². The SMILES string of the molecule is CCC(O)C(CC)(c1ccc(C#N)cc1)n1ncc2c(C)cc(F)cc21. The van der Waals surface area contributed by atoms with Crippen molar-refractivity contribution in [1.82, 2.24) is 9.78 Å². The van der Waals surface area contributed by atoms with Gasteiger partial charge in [0.15, 0.2) is 0 Å². The van der Waals surface area contributed by atoms with E-state index in [4.69, 9.17) is 5.26 Å². The summed E-state index contributed by atoms with van der Waals surface area (Å²) in [6.45, 7) is 5.75. The summed E-state index contributed by atoms with van der Waals surface area (Å²) in [4.78, 5) is 0. The Morgan fingerprint density at radius 3 is 2.54 bits per heavy atom. The van der Waals surface area contributed by atoms with E-state index < -0.39 is 11.6 Å². The van der Waals surface area contributed by atoms with E-state index in [-0.39, 0.29) is 5.82 Å². The van der Waals surface area contributed by atoms with E-state index in [1.54, 1.807) is 23.0 Å². The highest BCUT2D eigenvalue weighted by Crippen LogP contribution is 2.38. The third-order valence-corrected chi connectivity index (χ3v) is 5.23. The average Bonchev–Trinajstić information content (AvgIpc) is 3.07. The molecule has 3 aromatic rings. The second-order valence-electron chi connectivity index (χ2n) is 6.60. The van der Waals surface area contributed by atoms with Crippen molar-refractivity contribution in [3.05, 3.63) is 65.1 Å². The largest absolute Gasteiger partial charge is 0.390 e. The first-order valence-corrected chi connectivity index (χ1v) is 8.81. The van der Waals surface area contributed by atoms with Gasteiger partial charge in [0.25, 0.3) is 0 Å². The summed E-state index contributed by atoms with van der Waals surface area (Å²) in [5.41, 5.74) is 2.02. The van der Waals surface area contributed by atoms with E-state index in [1.807, 2.05) is 32.9 Å². The normalized spacial score (nSPS) is 14.8. The number of hydrogen-bond donors (Lipinski definition) is 1. The molecule has 26 heavy (non-hydrogen) atoms. The number of rotatable bonds is 5. The number of halogens is 1. The Labute approximate surface area is 152 Å². The standard InChI is InChI=1S/C21H22FN3O/c1-4-20(26)21(5-2,16-8-6-15(12-23)7-9-16)25-19-11-17(22)10-14(3)18(19)13-24-25/h6-11,13,20,26H,4-5H2,1-3H3. The number of aromatic nitrogens is 2. The second kappa shape index (κ2) is 6.89. The molecule has 5 heteroatoms. The molecule has 3 rings (SSSR count). The van der Waals surface area contributed by atoms with Gasteiger partial charge in [0.1, 0.15) is 11.4 Å². The molecule has 0 fully saturated rings. The number of hydrogen-bond acceptors (Lipinski definition) is 3. The third kappa shape index (κ3) is 2.67. The Morgan fingerprint density at radius 2 is 1.96 bits per heavy atom. The minimum absolute atomic E-state index is 0.326. The van der Waals surface area contributed by atoms with Crippen molar-refractivity contribution in [3.63, 3.8) is 0 Å². The molecule has 2 atom stereocenters. The molecule has 0 aliphatic rings. The molecule has 0 aliphatic heterocycles. The quantitative estimate of drug-likeness (QED) is 0.746. The maximum atomic E-state index is 14.1. The molecule has 2 unspecified atom stereocenters. The molecule has 0 radical (unpaired) electrons. The van der Waals surface area contributed by atoms with Gasteiger partial charge >= 0.3 is 0 Å². The molecular formula is C21H22FN3O. The van der Waals surface area contributed by atoms with Gasteiger partial charge in [0.2, 0.25) is 0 Å². The number of nitrogens with zero attached hydrogens (tertiary/aromatic N) is 3. The molecule has 4 nitrogen and oxygen atoms in total. The highest BCUT2D eigenvalue weighted by atomic mass is 19.1. The van der Waals surface area contributed by atoms with E-state index in [0.29, 0.717) is 23.9 Å². The topological polar surface area (TPSA) is 61.8 Å². The minimum atomic E-state index is -0.843. The van der Waals surface area contributed by atoms with Crippen LogP contribution in [-0.2, 0) is 5.54 Å². The zero-order valence-electron chi connectivity index (χ0n) is 15.2. The zero-order valence-corrected chi connectivity index (χ0v) is 15.2. The van der Waals surface area contributed by atoms with E-state index in [9.17, 15) is 9.50 Å². The van der Waals surface area contributed by atoms with Crippen LogP contribution in [0.2, 0.25) is 0 Å².